The predicted octanol–water partition coefficient (Wildman–Crippen LogP) is 3.89. The first-order valence-electron chi connectivity index (χ1n) is 8.20. The Balaban J connectivity index is 1.67. The van der Waals surface area contributed by atoms with E-state index in [0.717, 1.165) is 12.8 Å². The minimum absolute atomic E-state index is 0.187. The van der Waals surface area contributed by atoms with Crippen LogP contribution in [0.3, 0.4) is 0 Å². The Labute approximate surface area is 141 Å². The molecule has 1 heterocycles. The first kappa shape index (κ1) is 16.2. The molecule has 5 nitrogen and oxygen atoms in total. The molecule has 5 heteroatoms. The second kappa shape index (κ2) is 7.73. The summed E-state index contributed by atoms with van der Waals surface area (Å²) in [6, 6.07) is 12.6. The van der Waals surface area contributed by atoms with Crippen LogP contribution < -0.4 is 19.5 Å². The lowest BCUT2D eigenvalue weighted by Gasteiger charge is -2.19. The van der Waals surface area contributed by atoms with E-state index < -0.39 is 0 Å². The predicted molar refractivity (Wildman–Crippen MR) is 92.2 cm³/mol. The fourth-order valence-electron chi connectivity index (χ4n) is 2.39. The van der Waals surface area contributed by atoms with Gasteiger partial charge in [0.2, 0.25) is 0 Å². The van der Waals surface area contributed by atoms with Gasteiger partial charge in [-0.3, -0.25) is 4.79 Å². The van der Waals surface area contributed by atoms with Gasteiger partial charge in [0.05, 0.1) is 6.61 Å². The van der Waals surface area contributed by atoms with Crippen LogP contribution in [0.4, 0.5) is 5.69 Å². The zero-order valence-electron chi connectivity index (χ0n) is 13.7. The van der Waals surface area contributed by atoms with Crippen molar-refractivity contribution in [1.82, 2.24) is 0 Å². The topological polar surface area (TPSA) is 56.8 Å². The summed E-state index contributed by atoms with van der Waals surface area (Å²) in [7, 11) is 0. The number of rotatable bonds is 6. The molecule has 126 valence electrons. The highest BCUT2D eigenvalue weighted by Gasteiger charge is 2.13. The quantitative estimate of drug-likeness (QED) is 0.818. The third kappa shape index (κ3) is 3.98. The molecule has 1 aliphatic rings. The van der Waals surface area contributed by atoms with E-state index in [1.54, 1.807) is 30.3 Å². The Morgan fingerprint density at radius 3 is 2.79 bits per heavy atom. The summed E-state index contributed by atoms with van der Waals surface area (Å²) in [6.45, 7) is 3.83. The van der Waals surface area contributed by atoms with Gasteiger partial charge in [-0.05, 0) is 36.8 Å². The monoisotopic (exact) mass is 327 g/mol. The Bertz CT molecular complexity index is 714. The molecule has 0 aromatic heterocycles. The summed E-state index contributed by atoms with van der Waals surface area (Å²) in [5, 5.41) is 2.87. The molecule has 0 aliphatic carbocycles. The molecule has 2 aromatic rings. The van der Waals surface area contributed by atoms with Crippen molar-refractivity contribution in [3.8, 4) is 17.2 Å². The molecule has 0 spiro atoms. The summed E-state index contributed by atoms with van der Waals surface area (Å²) >= 11 is 0. The molecular weight excluding hydrogens is 306 g/mol. The lowest BCUT2D eigenvalue weighted by atomic mass is 10.2. The van der Waals surface area contributed by atoms with Gasteiger partial charge in [0, 0.05) is 17.3 Å². The fraction of sp³-hybridized carbons (Fsp3) is 0.316. The van der Waals surface area contributed by atoms with Crippen LogP contribution in [0.15, 0.2) is 42.5 Å². The van der Waals surface area contributed by atoms with Gasteiger partial charge >= 0.3 is 0 Å². The zero-order valence-corrected chi connectivity index (χ0v) is 13.7. The second-order valence-electron chi connectivity index (χ2n) is 5.54. The number of ether oxygens (including phenoxy) is 3. The fourth-order valence-corrected chi connectivity index (χ4v) is 2.39. The lowest BCUT2D eigenvalue weighted by Crippen LogP contribution is -2.16. The highest BCUT2D eigenvalue weighted by Crippen LogP contribution is 2.32. The van der Waals surface area contributed by atoms with Crippen molar-refractivity contribution in [2.24, 2.45) is 0 Å². The number of fused-ring (bicyclic) bond motifs is 1. The van der Waals surface area contributed by atoms with Crippen molar-refractivity contribution in [3.05, 3.63) is 48.0 Å². The molecule has 0 atom stereocenters. The van der Waals surface area contributed by atoms with E-state index in [1.165, 1.54) is 0 Å². The molecular formula is C19H21NO4. The summed E-state index contributed by atoms with van der Waals surface area (Å²) < 4.78 is 16.7. The highest BCUT2D eigenvalue weighted by molar-refractivity contribution is 6.04. The van der Waals surface area contributed by atoms with Crippen molar-refractivity contribution in [1.29, 1.82) is 0 Å². The van der Waals surface area contributed by atoms with Gasteiger partial charge in [0.1, 0.15) is 19.0 Å². The number of carbonyl (C=O) groups excluding carboxylic acids is 1. The van der Waals surface area contributed by atoms with Gasteiger partial charge < -0.3 is 19.5 Å². The van der Waals surface area contributed by atoms with Crippen LogP contribution in [-0.4, -0.2) is 25.7 Å². The van der Waals surface area contributed by atoms with Gasteiger partial charge in [-0.2, -0.15) is 0 Å². The van der Waals surface area contributed by atoms with Crippen LogP contribution in [0.5, 0.6) is 17.2 Å². The summed E-state index contributed by atoms with van der Waals surface area (Å²) in [5.74, 6) is 1.87. The largest absolute Gasteiger partial charge is 0.494 e. The first-order chi connectivity index (χ1) is 11.8. The molecule has 0 saturated carbocycles. The van der Waals surface area contributed by atoms with E-state index in [-0.39, 0.29) is 5.91 Å². The van der Waals surface area contributed by atoms with Crippen LogP contribution in [0.2, 0.25) is 0 Å². The Hall–Kier alpha value is -2.69. The van der Waals surface area contributed by atoms with E-state index in [2.05, 4.69) is 12.2 Å². The molecule has 3 rings (SSSR count). The molecule has 24 heavy (non-hydrogen) atoms. The van der Waals surface area contributed by atoms with Crippen LogP contribution in [0, 0.1) is 0 Å². The number of hydrogen-bond acceptors (Lipinski definition) is 4. The number of hydrogen-bond donors (Lipinski definition) is 1. The number of amides is 1. The standard InChI is InChI=1S/C19H21NO4/c1-2-3-9-22-16-6-4-5-14(12-16)19(21)20-15-7-8-17-18(13-15)24-11-10-23-17/h4-8,12-13H,2-3,9-11H2,1H3,(H,20,21). The SMILES string of the molecule is CCCCOc1cccc(C(=O)Nc2ccc3c(c2)OCCO3)c1. The van der Waals surface area contributed by atoms with Crippen molar-refractivity contribution in [2.75, 3.05) is 25.1 Å². The van der Waals surface area contributed by atoms with E-state index in [0.29, 0.717) is 48.3 Å². The number of carbonyl (C=O) groups is 1. The third-order valence-corrected chi connectivity index (χ3v) is 3.66. The second-order valence-corrected chi connectivity index (χ2v) is 5.54. The number of nitrogens with one attached hydrogen (secondary N) is 1. The summed E-state index contributed by atoms with van der Waals surface area (Å²) in [5.41, 5.74) is 1.22. The normalized spacial score (nSPS) is 12.5. The van der Waals surface area contributed by atoms with Crippen molar-refractivity contribution in [2.45, 2.75) is 19.8 Å². The number of anilines is 1. The van der Waals surface area contributed by atoms with Crippen LogP contribution in [0.1, 0.15) is 30.1 Å². The number of unbranched alkanes of at least 4 members (excludes halogenated alkanes) is 1. The molecule has 2 aromatic carbocycles. The maximum atomic E-state index is 12.4. The zero-order chi connectivity index (χ0) is 16.8. The average Bonchev–Trinajstić information content (AvgIpc) is 2.62. The van der Waals surface area contributed by atoms with E-state index >= 15 is 0 Å². The lowest BCUT2D eigenvalue weighted by molar-refractivity contribution is 0.102. The Morgan fingerprint density at radius 2 is 1.96 bits per heavy atom. The molecule has 0 fully saturated rings. The van der Waals surface area contributed by atoms with Crippen LogP contribution in [0.25, 0.3) is 0 Å². The molecule has 1 amide bonds. The molecule has 1 N–H and O–H groups in total. The molecule has 1 aliphatic heterocycles. The highest BCUT2D eigenvalue weighted by atomic mass is 16.6. The Morgan fingerprint density at radius 1 is 1.12 bits per heavy atom. The maximum absolute atomic E-state index is 12.4. The molecule has 0 bridgehead atoms. The number of benzene rings is 2. The van der Waals surface area contributed by atoms with Crippen LogP contribution in [-0.2, 0) is 0 Å². The van der Waals surface area contributed by atoms with Gasteiger partial charge in [0.25, 0.3) is 5.91 Å². The van der Waals surface area contributed by atoms with E-state index in [9.17, 15) is 4.79 Å². The van der Waals surface area contributed by atoms with Gasteiger partial charge in [-0.1, -0.05) is 19.4 Å². The average molecular weight is 327 g/mol. The van der Waals surface area contributed by atoms with Crippen molar-refractivity contribution >= 4 is 11.6 Å². The van der Waals surface area contributed by atoms with Gasteiger partial charge in [-0.15, -0.1) is 0 Å². The molecule has 0 saturated heterocycles. The van der Waals surface area contributed by atoms with E-state index in [4.69, 9.17) is 14.2 Å². The molecule has 0 radical (unpaired) electrons. The van der Waals surface area contributed by atoms with Gasteiger partial charge in [0.15, 0.2) is 11.5 Å². The van der Waals surface area contributed by atoms with Crippen molar-refractivity contribution in [3.63, 3.8) is 0 Å². The first-order valence-corrected chi connectivity index (χ1v) is 8.20. The van der Waals surface area contributed by atoms with Crippen LogP contribution >= 0.6 is 0 Å². The maximum Gasteiger partial charge on any atom is 0.255 e. The van der Waals surface area contributed by atoms with E-state index in [1.807, 2.05) is 12.1 Å². The summed E-state index contributed by atoms with van der Waals surface area (Å²) in [6.07, 6.45) is 2.07. The minimum atomic E-state index is -0.187. The minimum Gasteiger partial charge on any atom is -0.494 e. The van der Waals surface area contributed by atoms with Gasteiger partial charge in [-0.25, -0.2) is 0 Å². The Kier molecular flexibility index (Phi) is 5.21. The van der Waals surface area contributed by atoms with Crippen molar-refractivity contribution < 1.29 is 19.0 Å². The molecule has 0 unspecified atom stereocenters. The smallest absolute Gasteiger partial charge is 0.255 e. The third-order valence-electron chi connectivity index (χ3n) is 3.66. The summed E-state index contributed by atoms with van der Waals surface area (Å²) in [4.78, 5) is 12.4.